The molecular weight excluding hydrogens is 635 g/mol. The van der Waals surface area contributed by atoms with E-state index in [9.17, 15) is 14.4 Å². The number of allylic oxidation sites excluding steroid dienone is 2. The first kappa shape index (κ1) is 35.8. The lowest BCUT2D eigenvalue weighted by Gasteiger charge is -2.70. The largest absolute Gasteiger partial charge is 0.462 e. The van der Waals surface area contributed by atoms with Gasteiger partial charge in [-0.25, -0.2) is 0 Å². The highest BCUT2D eigenvalue weighted by molar-refractivity contribution is 5.97. The molecule has 2 aromatic rings. The Morgan fingerprint density at radius 3 is 2.10 bits per heavy atom. The molecule has 4 fully saturated rings. The van der Waals surface area contributed by atoms with Crippen LogP contribution in [0.4, 0.5) is 17.1 Å². The van der Waals surface area contributed by atoms with Crippen LogP contribution in [0.2, 0.25) is 0 Å². The van der Waals surface area contributed by atoms with E-state index in [1.54, 1.807) is 0 Å². The fourth-order valence-electron chi connectivity index (χ4n) is 12.3. The molecule has 0 saturated heterocycles. The smallest absolute Gasteiger partial charge is 0.302 e. The number of nitrogens with zero attached hydrogens (tertiary/aromatic N) is 2. The van der Waals surface area contributed by atoms with E-state index in [-0.39, 0.29) is 62.7 Å². The van der Waals surface area contributed by atoms with Crippen LogP contribution in [0, 0.1) is 50.2 Å². The average Bonchev–Trinajstić information content (AvgIpc) is 3.08. The first-order valence-electron chi connectivity index (χ1n) is 19.3. The van der Waals surface area contributed by atoms with Crippen LogP contribution in [0.15, 0.2) is 76.5 Å². The first-order chi connectivity index (χ1) is 24.0. The fraction of sp³-hybridized carbons (Fsp3) is 0.614. The van der Waals surface area contributed by atoms with Crippen LogP contribution in [0.5, 0.6) is 0 Å². The summed E-state index contributed by atoms with van der Waals surface area (Å²) in [6.45, 7) is 17.8. The Labute approximate surface area is 304 Å². The van der Waals surface area contributed by atoms with E-state index in [2.05, 4.69) is 70.1 Å². The third kappa shape index (κ3) is 5.63. The summed E-state index contributed by atoms with van der Waals surface area (Å²) in [5.74, 6) is 0.494. The number of fused-ring (bicyclic) bond motifs is 7. The summed E-state index contributed by atoms with van der Waals surface area (Å²) in [6, 6.07) is 17.2. The second kappa shape index (κ2) is 12.2. The molecule has 5 aliphatic carbocycles. The highest BCUT2D eigenvalue weighted by atomic mass is 16.5. The number of azo groups is 1. The van der Waals surface area contributed by atoms with Gasteiger partial charge >= 0.3 is 5.97 Å². The normalized spacial score (nSPS) is 39.8. The summed E-state index contributed by atoms with van der Waals surface area (Å²) < 4.78 is 5.89. The van der Waals surface area contributed by atoms with Crippen LogP contribution in [0.25, 0.3) is 0 Å². The molecule has 1 N–H and O–H groups in total. The molecule has 0 radical (unpaired) electrons. The number of carbonyl (C=O) groups is 3. The maximum Gasteiger partial charge on any atom is 0.302 e. The Morgan fingerprint density at radius 2 is 1.43 bits per heavy atom. The van der Waals surface area contributed by atoms with Gasteiger partial charge in [0.2, 0.25) is 5.91 Å². The van der Waals surface area contributed by atoms with E-state index in [0.29, 0.717) is 5.92 Å². The van der Waals surface area contributed by atoms with Crippen molar-refractivity contribution >= 4 is 34.7 Å². The highest BCUT2D eigenvalue weighted by Gasteiger charge is 2.70. The summed E-state index contributed by atoms with van der Waals surface area (Å²) in [4.78, 5) is 41.0. The van der Waals surface area contributed by atoms with Crippen molar-refractivity contribution < 1.29 is 19.1 Å². The molecule has 0 bridgehead atoms. The Hall–Kier alpha value is -3.61. The van der Waals surface area contributed by atoms with Gasteiger partial charge in [-0.15, -0.1) is 0 Å². The summed E-state index contributed by atoms with van der Waals surface area (Å²) in [6.07, 6.45) is 10.4. The number of ether oxygens (including phenoxy) is 1. The summed E-state index contributed by atoms with van der Waals surface area (Å²) in [5, 5.41) is 11.9. The van der Waals surface area contributed by atoms with Crippen molar-refractivity contribution in [1.82, 2.24) is 0 Å². The molecule has 51 heavy (non-hydrogen) atoms. The van der Waals surface area contributed by atoms with Crippen LogP contribution in [0.1, 0.15) is 113 Å². The van der Waals surface area contributed by atoms with Crippen molar-refractivity contribution in [2.45, 2.75) is 119 Å². The molecule has 7 rings (SSSR count). The van der Waals surface area contributed by atoms with Gasteiger partial charge in [0, 0.05) is 29.4 Å². The lowest BCUT2D eigenvalue weighted by molar-refractivity contribution is -0.210. The molecule has 7 heteroatoms. The van der Waals surface area contributed by atoms with Gasteiger partial charge in [0.1, 0.15) is 6.10 Å². The van der Waals surface area contributed by atoms with E-state index in [0.717, 1.165) is 74.8 Å². The molecule has 0 aromatic heterocycles. The fourth-order valence-corrected chi connectivity index (χ4v) is 12.3. The van der Waals surface area contributed by atoms with E-state index in [1.165, 1.54) is 12.5 Å². The van der Waals surface area contributed by atoms with Crippen LogP contribution >= 0.6 is 0 Å². The monoisotopic (exact) mass is 691 g/mol. The van der Waals surface area contributed by atoms with E-state index in [1.807, 2.05) is 54.6 Å². The molecule has 7 nitrogen and oxygen atoms in total. The molecule has 0 unspecified atom stereocenters. The van der Waals surface area contributed by atoms with Gasteiger partial charge in [-0.2, -0.15) is 10.2 Å². The summed E-state index contributed by atoms with van der Waals surface area (Å²) in [7, 11) is 0. The number of nitrogens with one attached hydrogen (secondary N) is 1. The lowest BCUT2D eigenvalue weighted by Crippen LogP contribution is -2.66. The molecule has 0 heterocycles. The molecule has 0 aliphatic heterocycles. The first-order valence-corrected chi connectivity index (χ1v) is 19.3. The number of hydrogen-bond acceptors (Lipinski definition) is 6. The zero-order valence-electron chi connectivity index (χ0n) is 32.0. The number of rotatable bonds is 5. The minimum absolute atomic E-state index is 0.0436. The van der Waals surface area contributed by atoms with Crippen LogP contribution in [-0.2, 0) is 19.1 Å². The molecule has 5 aliphatic rings. The number of carbonyl (C=O) groups excluding carboxylic acids is 3. The van der Waals surface area contributed by atoms with Crippen molar-refractivity contribution in [3.8, 4) is 0 Å². The Morgan fingerprint density at radius 1 is 0.784 bits per heavy atom. The van der Waals surface area contributed by atoms with E-state index in [4.69, 9.17) is 4.74 Å². The maximum absolute atomic E-state index is 14.8. The summed E-state index contributed by atoms with van der Waals surface area (Å²) >= 11 is 0. The van der Waals surface area contributed by atoms with Crippen molar-refractivity contribution in [2.75, 3.05) is 5.32 Å². The number of amides is 1. The average molecular weight is 692 g/mol. The van der Waals surface area contributed by atoms with Gasteiger partial charge in [0.25, 0.3) is 0 Å². The third-order valence-electron chi connectivity index (χ3n) is 15.5. The van der Waals surface area contributed by atoms with Gasteiger partial charge in [-0.1, -0.05) is 72.2 Å². The lowest BCUT2D eigenvalue weighted by atomic mass is 9.33. The van der Waals surface area contributed by atoms with Gasteiger partial charge in [-0.3, -0.25) is 14.4 Å². The van der Waals surface area contributed by atoms with Crippen LogP contribution < -0.4 is 5.32 Å². The zero-order valence-corrected chi connectivity index (χ0v) is 32.0. The van der Waals surface area contributed by atoms with Crippen molar-refractivity contribution in [3.63, 3.8) is 0 Å². The molecule has 2 aromatic carbocycles. The molecule has 272 valence electrons. The molecule has 0 spiro atoms. The molecule has 4 saturated carbocycles. The topological polar surface area (TPSA) is 97.2 Å². The Balaban J connectivity index is 1.14. The van der Waals surface area contributed by atoms with Gasteiger partial charge in [0.05, 0.1) is 11.4 Å². The molecule has 9 atom stereocenters. The van der Waals surface area contributed by atoms with Crippen LogP contribution in [-0.4, -0.2) is 23.8 Å². The van der Waals surface area contributed by atoms with E-state index < -0.39 is 5.41 Å². The standard InChI is InChI=1S/C44H57N3O4/c1-28(48)51-36-19-20-42(6)35(39(36,2)3)18-21-44(8)37(42)34(49)26-32-33-27-41(5,23-22-40(33,4)24-25-43(32,44)7)38(50)45-29-14-16-31(17-15-29)47-46-30-12-10-9-11-13-30/h9-17,26,33,35-37H,18-25,27H2,1-8H3,(H,45,50)/t33-,35+,36+,37+,40-,41+,42+,43-,44+/m0/s1. The minimum Gasteiger partial charge on any atom is -0.462 e. The third-order valence-corrected chi connectivity index (χ3v) is 15.5. The van der Waals surface area contributed by atoms with Crippen molar-refractivity contribution in [2.24, 2.45) is 60.5 Å². The maximum atomic E-state index is 14.8. The number of esters is 1. The quantitative estimate of drug-likeness (QED) is 0.249. The minimum atomic E-state index is -0.557. The summed E-state index contributed by atoms with van der Waals surface area (Å²) in [5.41, 5.74) is 2.39. The van der Waals surface area contributed by atoms with Gasteiger partial charge in [0.15, 0.2) is 5.78 Å². The van der Waals surface area contributed by atoms with Gasteiger partial charge < -0.3 is 10.1 Å². The second-order valence-electron chi connectivity index (χ2n) is 18.7. The van der Waals surface area contributed by atoms with Crippen molar-refractivity contribution in [3.05, 3.63) is 66.2 Å². The molecular formula is C44H57N3O4. The van der Waals surface area contributed by atoms with E-state index >= 15 is 0 Å². The SMILES string of the molecule is CC(=O)O[C@@H]1CC[C@]2(C)[C@H](CC[C@]3(C)[C@@H]2C(=O)C=C2[C@@H]4C[C@](C)(C(=O)Nc5ccc(N=Nc6ccccc6)cc5)CC[C@@]4(C)CC[C@@]23C)C1(C)C. The van der Waals surface area contributed by atoms with Crippen molar-refractivity contribution in [1.29, 1.82) is 0 Å². The number of anilines is 1. The predicted molar refractivity (Wildman–Crippen MR) is 201 cm³/mol. The zero-order chi connectivity index (χ0) is 36.6. The Kier molecular flexibility index (Phi) is 8.58. The number of hydrogen-bond donors (Lipinski definition) is 1. The molecule has 1 amide bonds. The number of ketones is 1. The van der Waals surface area contributed by atoms with Gasteiger partial charge in [-0.05, 0) is 134 Å². The highest BCUT2D eigenvalue weighted by Crippen LogP contribution is 2.75. The predicted octanol–water partition coefficient (Wildman–Crippen LogP) is 11.0. The second-order valence-corrected chi connectivity index (χ2v) is 18.7. The Bertz CT molecular complexity index is 1780. The van der Waals surface area contributed by atoms with Crippen LogP contribution in [0.3, 0.4) is 0 Å². The number of benzene rings is 2.